The van der Waals surface area contributed by atoms with E-state index in [-0.39, 0.29) is 60.5 Å². The zero-order chi connectivity index (χ0) is 57.7. The number of hydrogen-bond donors (Lipinski definition) is 13. The lowest BCUT2D eigenvalue weighted by molar-refractivity contribution is -0.341. The van der Waals surface area contributed by atoms with Crippen molar-refractivity contribution in [2.24, 2.45) is 85.1 Å². The highest BCUT2D eigenvalue weighted by Crippen LogP contribution is 2.79. The summed E-state index contributed by atoms with van der Waals surface area (Å²) in [5.74, 6) is -3.51. The van der Waals surface area contributed by atoms with Gasteiger partial charge in [0.2, 0.25) is 5.91 Å². The highest BCUT2D eigenvalue weighted by atomic mass is 16.7. The molecule has 6 saturated carbocycles. The Kier molecular flexibility index (Phi) is 16.3. The van der Waals surface area contributed by atoms with E-state index in [4.69, 9.17) is 15.2 Å². The van der Waals surface area contributed by atoms with Crippen molar-refractivity contribution in [1.29, 1.82) is 0 Å². The van der Waals surface area contributed by atoms with Crippen LogP contribution in [0.2, 0.25) is 0 Å². The van der Waals surface area contributed by atoms with E-state index in [9.17, 15) is 45.6 Å². The number of amides is 1. The van der Waals surface area contributed by atoms with Crippen molar-refractivity contribution >= 4 is 11.9 Å². The van der Waals surface area contributed by atoms with E-state index in [0.29, 0.717) is 89.6 Å². The highest BCUT2D eigenvalue weighted by molar-refractivity contribution is 5.86. The van der Waals surface area contributed by atoms with Crippen molar-refractivity contribution in [2.75, 3.05) is 26.4 Å². The highest BCUT2D eigenvalue weighted by Gasteiger charge is 2.75. The van der Waals surface area contributed by atoms with E-state index in [1.165, 1.54) is 6.42 Å². The summed E-state index contributed by atoms with van der Waals surface area (Å²) < 4.78 is 12.8. The topological polar surface area (TPSA) is 322 Å². The number of aromatic nitrogens is 4. The van der Waals surface area contributed by atoms with Crippen LogP contribution in [0.1, 0.15) is 167 Å². The van der Waals surface area contributed by atoms with Gasteiger partial charge in [-0.3, -0.25) is 9.59 Å². The zero-order valence-electron chi connectivity index (χ0n) is 48.6. The molecule has 19 heteroatoms. The maximum atomic E-state index is 15.3. The number of H-pyrrole nitrogens is 2. The van der Waals surface area contributed by atoms with Crippen LogP contribution in [0.25, 0.3) is 0 Å². The lowest BCUT2D eigenvalue weighted by Crippen LogP contribution is -2.73. The van der Waals surface area contributed by atoms with Gasteiger partial charge in [-0.15, -0.1) is 0 Å². The average Bonchev–Trinajstić information content (AvgIpc) is 4.45. The SMILES string of the molecule is C[C@]1(CO)CC[C@]2(C(=O)O)C[C@@H](Cc3cnc[nH]3)[C@]3(C)C(=CC[C@@H]4[C@@]5(C)[C@H](C[C@H]6[C@H]([C@H](C[C@H](CNC7CCCCC7)[C@@H](N)O)c7cnc[nH]7)NC(=O)C67CCCC7)[C@@H](O)[C@@H](O[C@@H]6OC[C@@H](O)[C@H](O)[C@H]6O)[C@@](C)(CO)[C@H]5CC[C@]43C)[C@@H]2C1. The van der Waals surface area contributed by atoms with Gasteiger partial charge in [0.25, 0.3) is 0 Å². The van der Waals surface area contributed by atoms with Crippen molar-refractivity contribution in [3.63, 3.8) is 0 Å². The van der Waals surface area contributed by atoms with Crippen LogP contribution in [0.15, 0.2) is 36.7 Å². The maximum absolute atomic E-state index is 15.3. The van der Waals surface area contributed by atoms with Gasteiger partial charge in [0, 0.05) is 66.3 Å². The Bertz CT molecular complexity index is 2560. The third-order valence-corrected chi connectivity index (χ3v) is 25.4. The number of nitrogens with one attached hydrogen (secondary N) is 4. The molecule has 2 aromatic heterocycles. The number of aliphatic hydroxyl groups is 7. The molecule has 0 radical (unpaired) electrons. The number of aliphatic carboxylic acids is 1. The van der Waals surface area contributed by atoms with E-state index in [1.807, 2.05) is 19.3 Å². The van der Waals surface area contributed by atoms with Crippen molar-refractivity contribution in [3.8, 4) is 0 Å². The van der Waals surface area contributed by atoms with Gasteiger partial charge in [0.05, 0.1) is 48.9 Å². The predicted octanol–water partition coefficient (Wildman–Crippen LogP) is 4.81. The van der Waals surface area contributed by atoms with Crippen LogP contribution in [0.3, 0.4) is 0 Å². The molecule has 2 aromatic rings. The number of carbonyl (C=O) groups is 2. The third kappa shape index (κ3) is 9.45. The Labute approximate surface area is 477 Å². The van der Waals surface area contributed by atoms with Crippen LogP contribution >= 0.6 is 0 Å². The number of ether oxygens (including phenoxy) is 2. The molecule has 14 N–H and O–H groups in total. The number of carbonyl (C=O) groups excluding carboxylic acids is 1. The molecule has 0 aromatic carbocycles. The molecule has 8 fully saturated rings. The minimum atomic E-state index is -1.66. The van der Waals surface area contributed by atoms with Crippen molar-refractivity contribution in [1.82, 2.24) is 30.6 Å². The second-order valence-corrected chi connectivity index (χ2v) is 29.0. The summed E-state index contributed by atoms with van der Waals surface area (Å²) in [6.07, 6.45) is 13.6. The fourth-order valence-electron chi connectivity index (χ4n) is 20.6. The minimum Gasteiger partial charge on any atom is -0.481 e. The molecule has 1 spiro atoms. The maximum Gasteiger partial charge on any atom is 0.310 e. The molecule has 19 nitrogen and oxygen atoms in total. The Morgan fingerprint density at radius 3 is 2.25 bits per heavy atom. The Balaban J connectivity index is 1.06. The van der Waals surface area contributed by atoms with Gasteiger partial charge < -0.3 is 76.7 Å². The first-order valence-electron chi connectivity index (χ1n) is 31.1. The predicted molar refractivity (Wildman–Crippen MR) is 299 cm³/mol. The van der Waals surface area contributed by atoms with Crippen molar-refractivity contribution in [3.05, 3.63) is 48.1 Å². The summed E-state index contributed by atoms with van der Waals surface area (Å²) >= 11 is 0. The van der Waals surface area contributed by atoms with Crippen molar-refractivity contribution < 1.29 is 59.9 Å². The van der Waals surface area contributed by atoms with Gasteiger partial charge >= 0.3 is 5.97 Å². The molecule has 0 unspecified atom stereocenters. The smallest absolute Gasteiger partial charge is 0.310 e. The summed E-state index contributed by atoms with van der Waals surface area (Å²) in [4.78, 5) is 45.1. The largest absolute Gasteiger partial charge is 0.481 e. The van der Waals surface area contributed by atoms with E-state index < -0.39 is 105 Å². The third-order valence-electron chi connectivity index (χ3n) is 25.4. The number of hydrogen-bond acceptors (Lipinski definition) is 15. The summed E-state index contributed by atoms with van der Waals surface area (Å²) in [5, 5.41) is 100. The molecule has 1 amide bonds. The molecule has 0 bridgehead atoms. The van der Waals surface area contributed by atoms with Gasteiger partial charge in [0.1, 0.15) is 24.5 Å². The minimum absolute atomic E-state index is 0.0182. The van der Waals surface area contributed by atoms with Gasteiger partial charge in [0.15, 0.2) is 6.29 Å². The van der Waals surface area contributed by atoms with E-state index in [2.05, 4.69) is 64.3 Å². The summed E-state index contributed by atoms with van der Waals surface area (Å²) in [7, 11) is 0. The van der Waals surface area contributed by atoms with Crippen LogP contribution in [0.5, 0.6) is 0 Å². The second kappa shape index (κ2) is 22.2. The van der Waals surface area contributed by atoms with Crippen LogP contribution in [-0.2, 0) is 25.5 Å². The van der Waals surface area contributed by atoms with Crippen LogP contribution in [-0.4, -0.2) is 154 Å². The monoisotopic (exact) mass is 1130 g/mol. The average molecular weight is 1130 g/mol. The molecule has 11 rings (SSSR count). The number of carboxylic acid groups (broad SMARTS) is 1. The Hall–Kier alpha value is -3.34. The fourth-order valence-corrected chi connectivity index (χ4v) is 20.6. The number of nitrogens with two attached hydrogens (primary N) is 1. The molecular formula is C62H97N7O12. The molecule has 81 heavy (non-hydrogen) atoms. The van der Waals surface area contributed by atoms with Gasteiger partial charge in [-0.1, -0.05) is 78.4 Å². The van der Waals surface area contributed by atoms with Crippen LogP contribution in [0, 0.1) is 79.3 Å². The number of allylic oxidation sites excluding steroid dienone is 2. The zero-order valence-corrected chi connectivity index (χ0v) is 48.6. The first-order chi connectivity index (χ1) is 38.5. The lowest BCUT2D eigenvalue weighted by atomic mass is 9.30. The number of imidazole rings is 2. The molecule has 22 atom stereocenters. The number of rotatable bonds is 17. The number of fused-ring (bicyclic) bond motifs is 7. The molecule has 2 aliphatic heterocycles. The van der Waals surface area contributed by atoms with Gasteiger partial charge in [-0.05, 0) is 147 Å². The first-order valence-corrected chi connectivity index (χ1v) is 31.1. The lowest BCUT2D eigenvalue weighted by Gasteiger charge is -2.74. The van der Waals surface area contributed by atoms with Gasteiger partial charge in [-0.2, -0.15) is 0 Å². The second-order valence-electron chi connectivity index (χ2n) is 29.0. The van der Waals surface area contributed by atoms with Crippen molar-refractivity contribution in [2.45, 2.75) is 218 Å². The number of nitrogens with zero attached hydrogens (tertiary/aromatic N) is 2. The Morgan fingerprint density at radius 2 is 1.59 bits per heavy atom. The molecule has 452 valence electrons. The van der Waals surface area contributed by atoms with E-state index >= 15 is 4.79 Å². The van der Waals surface area contributed by atoms with E-state index in [1.54, 1.807) is 12.7 Å². The molecule has 7 aliphatic carbocycles. The first kappa shape index (κ1) is 59.4. The number of aromatic amines is 2. The Morgan fingerprint density at radius 1 is 0.864 bits per heavy atom. The standard InChI is InChI=1S/C62H97N7O12/c1-56(30-70)19-20-62(55(78)79)24-35(22-37-27-64-32-67-37)60(5)39(42(62)25-56)13-14-46-58(60,3)18-15-45-57(2,31-71)51(81-53-50(75)49(74)44(72)29-80-53)48(73)41(59(45,46)4)23-40-47(69-54(77)61(40)16-9-10-17-61)38(43-28-65-33-68-43)21-34(52(63)76)26-66-36-11-7-6-8-12-36/h13,27-28,32-36,38,40-42,44-53,66,70-76H,6-12,14-26,29-31,63H2,1-5H3,(H,64,67)(H,65,68)(H,69,77)(H,78,79)/t34-,35-,38-,40+,41-,42+,44-,45-,46+,47+,48-,49+,50-,51-,52+,53+,56+,57+,58-,59+,60-,62+/m1/s1. The summed E-state index contributed by atoms with van der Waals surface area (Å²) in [6.45, 7) is 10.9. The van der Waals surface area contributed by atoms with Gasteiger partial charge in [-0.25, -0.2) is 9.97 Å². The van der Waals surface area contributed by atoms with E-state index in [0.717, 1.165) is 55.5 Å². The summed E-state index contributed by atoms with van der Waals surface area (Å²) in [5.41, 5.74) is 4.02. The summed E-state index contributed by atoms with van der Waals surface area (Å²) in [6, 6.07) is -0.154. The molecule has 2 saturated heterocycles. The molecule has 4 heterocycles. The van der Waals surface area contributed by atoms with Crippen LogP contribution < -0.4 is 16.4 Å². The fraction of sp³-hybridized carbons (Fsp3) is 0.839. The molecule has 9 aliphatic rings. The normalized spacial score (nSPS) is 45.2. The molecular weight excluding hydrogens is 1030 g/mol. The number of carboxylic acids is 1. The quantitative estimate of drug-likeness (QED) is 0.0574. The number of aliphatic hydroxyl groups excluding tert-OH is 7. The van der Waals surface area contributed by atoms with Crippen LogP contribution in [0.4, 0.5) is 0 Å².